The molecule has 2 aromatic rings. The second-order valence-corrected chi connectivity index (χ2v) is 6.66. The molecule has 2 aliphatic heterocycles. The lowest BCUT2D eigenvalue weighted by Crippen LogP contribution is -2.57. The van der Waals surface area contributed by atoms with Gasteiger partial charge in [-0.2, -0.15) is 0 Å². The van der Waals surface area contributed by atoms with Gasteiger partial charge in [0.1, 0.15) is 18.8 Å². The lowest BCUT2D eigenvalue weighted by Gasteiger charge is -2.44. The summed E-state index contributed by atoms with van der Waals surface area (Å²) >= 11 is 0. The number of piperidine rings is 1. The Morgan fingerprint density at radius 2 is 2.16 bits per heavy atom. The molecule has 3 heterocycles. The van der Waals surface area contributed by atoms with Crippen molar-refractivity contribution in [3.8, 4) is 5.69 Å². The van der Waals surface area contributed by atoms with Crippen molar-refractivity contribution in [1.82, 2.24) is 19.7 Å². The highest BCUT2D eigenvalue weighted by Gasteiger charge is 2.47. The van der Waals surface area contributed by atoms with Crippen LogP contribution in [0.3, 0.4) is 0 Å². The number of ether oxygens (including phenoxy) is 2. The van der Waals surface area contributed by atoms with Gasteiger partial charge in [-0.15, -0.1) is 10.2 Å². The molecule has 0 unspecified atom stereocenters. The first-order valence-corrected chi connectivity index (χ1v) is 8.63. The SMILES string of the molecule is CO[C@H]1CN(C(=O)c2cccc(-n3cnnc3)c2)CC[C@@]12CCCO2. The van der Waals surface area contributed by atoms with Crippen molar-refractivity contribution in [2.75, 3.05) is 26.8 Å². The number of hydrogen-bond acceptors (Lipinski definition) is 5. The Hall–Kier alpha value is -2.25. The van der Waals surface area contributed by atoms with E-state index in [0.29, 0.717) is 18.7 Å². The number of hydrogen-bond donors (Lipinski definition) is 0. The molecular weight excluding hydrogens is 320 g/mol. The maximum absolute atomic E-state index is 13.0. The zero-order chi connectivity index (χ0) is 17.3. The Morgan fingerprint density at radius 3 is 2.88 bits per heavy atom. The summed E-state index contributed by atoms with van der Waals surface area (Å²) < 4.78 is 13.5. The van der Waals surface area contributed by atoms with Gasteiger partial charge in [0.05, 0.1) is 5.60 Å². The van der Waals surface area contributed by atoms with Crippen LogP contribution in [0.2, 0.25) is 0 Å². The largest absolute Gasteiger partial charge is 0.377 e. The first-order valence-electron chi connectivity index (χ1n) is 8.63. The summed E-state index contributed by atoms with van der Waals surface area (Å²) in [6.07, 6.45) is 6.06. The smallest absolute Gasteiger partial charge is 0.254 e. The van der Waals surface area contributed by atoms with Crippen LogP contribution in [0.1, 0.15) is 29.6 Å². The number of benzene rings is 1. The third-order valence-corrected chi connectivity index (χ3v) is 5.29. The van der Waals surface area contributed by atoms with Crippen molar-refractivity contribution in [3.63, 3.8) is 0 Å². The Bertz CT molecular complexity index is 741. The van der Waals surface area contributed by atoms with E-state index in [1.165, 1.54) is 0 Å². The predicted octanol–water partition coefficient (Wildman–Crippen LogP) is 1.68. The fourth-order valence-electron chi connectivity index (χ4n) is 3.90. The van der Waals surface area contributed by atoms with Crippen LogP contribution in [0.15, 0.2) is 36.9 Å². The summed E-state index contributed by atoms with van der Waals surface area (Å²) in [5.74, 6) is 0.0184. The van der Waals surface area contributed by atoms with Gasteiger partial charge >= 0.3 is 0 Å². The molecule has 0 bridgehead atoms. The van der Waals surface area contributed by atoms with Crippen molar-refractivity contribution in [3.05, 3.63) is 42.5 Å². The highest BCUT2D eigenvalue weighted by atomic mass is 16.5. The number of aromatic nitrogens is 3. The van der Waals surface area contributed by atoms with Crippen LogP contribution in [0.4, 0.5) is 0 Å². The summed E-state index contributed by atoms with van der Waals surface area (Å²) in [6, 6.07) is 7.51. The minimum Gasteiger partial charge on any atom is -0.377 e. The summed E-state index contributed by atoms with van der Waals surface area (Å²) in [7, 11) is 1.70. The minimum absolute atomic E-state index is 0.0184. The van der Waals surface area contributed by atoms with Gasteiger partial charge < -0.3 is 14.4 Å². The normalized spacial score (nSPS) is 26.3. The van der Waals surface area contributed by atoms with Gasteiger partial charge in [0.2, 0.25) is 0 Å². The molecule has 2 saturated heterocycles. The number of nitrogens with zero attached hydrogens (tertiary/aromatic N) is 4. The molecule has 2 atom stereocenters. The van der Waals surface area contributed by atoms with Crippen molar-refractivity contribution in [2.24, 2.45) is 0 Å². The third-order valence-electron chi connectivity index (χ3n) is 5.29. The van der Waals surface area contributed by atoms with E-state index in [-0.39, 0.29) is 17.6 Å². The van der Waals surface area contributed by atoms with E-state index in [1.807, 2.05) is 29.2 Å². The van der Waals surface area contributed by atoms with Crippen LogP contribution in [0, 0.1) is 0 Å². The second-order valence-electron chi connectivity index (χ2n) is 6.66. The highest BCUT2D eigenvalue weighted by Crippen LogP contribution is 2.37. The lowest BCUT2D eigenvalue weighted by atomic mass is 9.85. The van der Waals surface area contributed by atoms with E-state index in [1.54, 1.807) is 24.3 Å². The van der Waals surface area contributed by atoms with E-state index in [9.17, 15) is 4.79 Å². The van der Waals surface area contributed by atoms with Crippen LogP contribution < -0.4 is 0 Å². The Balaban J connectivity index is 1.53. The van der Waals surface area contributed by atoms with Crippen LogP contribution in [0.5, 0.6) is 0 Å². The van der Waals surface area contributed by atoms with Crippen molar-refractivity contribution in [2.45, 2.75) is 31.0 Å². The molecule has 2 fully saturated rings. The molecule has 1 aromatic carbocycles. The van der Waals surface area contributed by atoms with Gasteiger partial charge in [-0.25, -0.2) is 0 Å². The van der Waals surface area contributed by atoms with E-state index >= 15 is 0 Å². The zero-order valence-electron chi connectivity index (χ0n) is 14.3. The molecule has 7 heteroatoms. The average Bonchev–Trinajstić information content (AvgIpc) is 3.34. The van der Waals surface area contributed by atoms with Gasteiger partial charge in [0.25, 0.3) is 5.91 Å². The molecule has 132 valence electrons. The molecule has 1 aromatic heterocycles. The lowest BCUT2D eigenvalue weighted by molar-refractivity contribution is -0.136. The maximum atomic E-state index is 13.0. The topological polar surface area (TPSA) is 69.5 Å². The molecule has 2 aliphatic rings. The molecular formula is C18H22N4O3. The number of likely N-dealkylation sites (tertiary alicyclic amines) is 1. The fraction of sp³-hybridized carbons (Fsp3) is 0.500. The molecule has 7 nitrogen and oxygen atoms in total. The molecule has 0 saturated carbocycles. The number of methoxy groups -OCH3 is 1. The quantitative estimate of drug-likeness (QED) is 0.849. The first-order chi connectivity index (χ1) is 12.2. The molecule has 1 amide bonds. The number of carbonyl (C=O) groups excluding carboxylic acids is 1. The molecule has 4 rings (SSSR count). The fourth-order valence-corrected chi connectivity index (χ4v) is 3.90. The monoisotopic (exact) mass is 342 g/mol. The first kappa shape index (κ1) is 16.2. The second kappa shape index (κ2) is 6.57. The summed E-state index contributed by atoms with van der Waals surface area (Å²) in [5, 5.41) is 7.62. The van der Waals surface area contributed by atoms with Gasteiger partial charge in [0.15, 0.2) is 0 Å². The van der Waals surface area contributed by atoms with E-state index in [2.05, 4.69) is 10.2 Å². The molecule has 25 heavy (non-hydrogen) atoms. The molecule has 1 spiro atoms. The van der Waals surface area contributed by atoms with Crippen molar-refractivity contribution < 1.29 is 14.3 Å². The summed E-state index contributed by atoms with van der Waals surface area (Å²) in [4.78, 5) is 14.8. The van der Waals surface area contributed by atoms with Crippen molar-refractivity contribution in [1.29, 1.82) is 0 Å². The number of amides is 1. The average molecular weight is 342 g/mol. The summed E-state index contributed by atoms with van der Waals surface area (Å²) in [5.41, 5.74) is 1.31. The Labute approximate surface area is 146 Å². The highest BCUT2D eigenvalue weighted by molar-refractivity contribution is 5.94. The third kappa shape index (κ3) is 2.94. The molecule has 0 N–H and O–H groups in total. The van der Waals surface area contributed by atoms with Crippen LogP contribution in [-0.4, -0.2) is 64.1 Å². The summed E-state index contributed by atoms with van der Waals surface area (Å²) in [6.45, 7) is 2.04. The van der Waals surface area contributed by atoms with Crippen LogP contribution in [-0.2, 0) is 9.47 Å². The van der Waals surface area contributed by atoms with E-state index in [4.69, 9.17) is 9.47 Å². The van der Waals surface area contributed by atoms with Gasteiger partial charge in [-0.3, -0.25) is 9.36 Å². The van der Waals surface area contributed by atoms with Crippen molar-refractivity contribution >= 4 is 5.91 Å². The van der Waals surface area contributed by atoms with E-state index in [0.717, 1.165) is 31.6 Å². The van der Waals surface area contributed by atoms with Gasteiger partial charge in [-0.05, 0) is 37.5 Å². The number of carbonyl (C=O) groups is 1. The zero-order valence-corrected chi connectivity index (χ0v) is 14.3. The van der Waals surface area contributed by atoms with Crippen LogP contribution >= 0.6 is 0 Å². The number of rotatable bonds is 3. The Kier molecular flexibility index (Phi) is 4.27. The maximum Gasteiger partial charge on any atom is 0.254 e. The molecule has 0 aliphatic carbocycles. The molecule has 0 radical (unpaired) electrons. The van der Waals surface area contributed by atoms with Gasteiger partial charge in [0, 0.05) is 38.1 Å². The minimum atomic E-state index is -0.212. The predicted molar refractivity (Wildman–Crippen MR) is 90.6 cm³/mol. The van der Waals surface area contributed by atoms with Crippen LogP contribution in [0.25, 0.3) is 5.69 Å². The van der Waals surface area contributed by atoms with E-state index < -0.39 is 0 Å². The van der Waals surface area contributed by atoms with Gasteiger partial charge in [-0.1, -0.05) is 6.07 Å². The standard InChI is InChI=1S/C18H22N4O3/c1-24-16-11-21(8-7-18(16)6-3-9-25-18)17(23)14-4-2-5-15(10-14)22-12-19-20-13-22/h2,4-5,10,12-13,16H,3,6-9,11H2,1H3/t16-,18-/m0/s1. The Morgan fingerprint density at radius 1 is 1.32 bits per heavy atom.